The summed E-state index contributed by atoms with van der Waals surface area (Å²) in [5, 5.41) is 0. The van der Waals surface area contributed by atoms with Crippen molar-refractivity contribution in [3.8, 4) is 0 Å². The summed E-state index contributed by atoms with van der Waals surface area (Å²) in [4.78, 5) is 0. The number of halogens is 1. The lowest BCUT2D eigenvalue weighted by Gasteiger charge is -2.10. The molecule has 2 aliphatic carbocycles. The monoisotopic (exact) mass is 234 g/mol. The summed E-state index contributed by atoms with van der Waals surface area (Å²) in [5.41, 5.74) is 1.70. The molecular formula is C8H11I. The fraction of sp³-hybridized carbons (Fsp3) is 0.750. The van der Waals surface area contributed by atoms with Crippen molar-refractivity contribution < 1.29 is 0 Å². The molecule has 2 aliphatic rings. The second-order valence-corrected chi connectivity index (χ2v) is 4.40. The first-order valence-corrected chi connectivity index (χ1v) is 4.73. The van der Waals surface area contributed by atoms with Crippen LogP contribution in [0.3, 0.4) is 0 Å². The number of rotatable bonds is 0. The molecule has 0 N–H and O–H groups in total. The number of hydrogen-bond donors (Lipinski definition) is 0. The Bertz CT molecular complexity index is 151. The van der Waals surface area contributed by atoms with Gasteiger partial charge in [-0.1, -0.05) is 5.57 Å². The highest BCUT2D eigenvalue weighted by Gasteiger charge is 2.35. The van der Waals surface area contributed by atoms with Crippen LogP contribution in [0.5, 0.6) is 0 Å². The zero-order valence-electron chi connectivity index (χ0n) is 5.65. The van der Waals surface area contributed by atoms with Gasteiger partial charge in [0.25, 0.3) is 0 Å². The Morgan fingerprint density at radius 3 is 2.33 bits per heavy atom. The minimum absolute atomic E-state index is 0.982. The van der Waals surface area contributed by atoms with Crippen molar-refractivity contribution in [3.63, 3.8) is 0 Å². The molecule has 0 aromatic heterocycles. The Labute approximate surface area is 69.9 Å². The van der Waals surface area contributed by atoms with E-state index in [1.54, 1.807) is 9.15 Å². The molecule has 0 spiro atoms. The Balaban J connectivity index is 2.36. The zero-order valence-corrected chi connectivity index (χ0v) is 7.81. The molecular weight excluding hydrogens is 223 g/mol. The summed E-state index contributed by atoms with van der Waals surface area (Å²) in [5.74, 6) is 1.97. The summed E-state index contributed by atoms with van der Waals surface area (Å²) in [6, 6.07) is 0. The van der Waals surface area contributed by atoms with Crippen molar-refractivity contribution in [2.24, 2.45) is 11.8 Å². The van der Waals surface area contributed by atoms with Gasteiger partial charge in [0.15, 0.2) is 0 Å². The fourth-order valence-corrected chi connectivity index (χ4v) is 3.13. The smallest absolute Gasteiger partial charge is 0.00708 e. The van der Waals surface area contributed by atoms with Gasteiger partial charge in [0.2, 0.25) is 0 Å². The van der Waals surface area contributed by atoms with Crippen molar-refractivity contribution >= 4 is 22.6 Å². The molecule has 0 radical (unpaired) electrons. The second kappa shape index (κ2) is 1.97. The van der Waals surface area contributed by atoms with Gasteiger partial charge in [0.05, 0.1) is 0 Å². The first-order chi connectivity index (χ1) is 4.29. The van der Waals surface area contributed by atoms with Crippen LogP contribution >= 0.6 is 22.6 Å². The quantitative estimate of drug-likeness (QED) is 0.565. The summed E-state index contributed by atoms with van der Waals surface area (Å²) in [6.45, 7) is 2.31. The lowest BCUT2D eigenvalue weighted by Crippen LogP contribution is -1.94. The van der Waals surface area contributed by atoms with Gasteiger partial charge < -0.3 is 0 Å². The van der Waals surface area contributed by atoms with E-state index in [0.717, 1.165) is 11.8 Å². The van der Waals surface area contributed by atoms with Crippen LogP contribution in [0.1, 0.15) is 26.2 Å². The molecule has 0 nitrogen and oxygen atoms in total. The highest BCUT2D eigenvalue weighted by atomic mass is 127. The predicted octanol–water partition coefficient (Wildman–Crippen LogP) is 3.13. The third-order valence-corrected chi connectivity index (χ3v) is 4.51. The van der Waals surface area contributed by atoms with Crippen LogP contribution in [-0.2, 0) is 0 Å². The van der Waals surface area contributed by atoms with Crippen LogP contribution in [0.25, 0.3) is 0 Å². The molecule has 1 saturated carbocycles. The van der Waals surface area contributed by atoms with Gasteiger partial charge in [-0.15, -0.1) is 0 Å². The largest absolute Gasteiger partial charge is 0.0606 e. The van der Waals surface area contributed by atoms with Gasteiger partial charge >= 0.3 is 0 Å². The number of hydrogen-bond acceptors (Lipinski definition) is 0. The van der Waals surface area contributed by atoms with Gasteiger partial charge in [-0.05, 0) is 64.2 Å². The van der Waals surface area contributed by atoms with Crippen molar-refractivity contribution in [1.82, 2.24) is 0 Å². The highest BCUT2D eigenvalue weighted by molar-refractivity contribution is 14.1. The molecule has 1 heteroatoms. The van der Waals surface area contributed by atoms with E-state index in [9.17, 15) is 0 Å². The minimum atomic E-state index is 0.982. The molecule has 9 heavy (non-hydrogen) atoms. The molecule has 50 valence electrons. The Hall–Kier alpha value is 0.470. The number of fused-ring (bicyclic) bond motifs is 2. The third-order valence-electron chi connectivity index (χ3n) is 2.78. The predicted molar refractivity (Wildman–Crippen MR) is 47.6 cm³/mol. The van der Waals surface area contributed by atoms with E-state index in [1.807, 2.05) is 0 Å². The molecule has 0 amide bonds. The third kappa shape index (κ3) is 0.769. The summed E-state index contributed by atoms with van der Waals surface area (Å²) in [6.07, 6.45) is 4.42. The van der Waals surface area contributed by atoms with Gasteiger partial charge in [0.1, 0.15) is 0 Å². The van der Waals surface area contributed by atoms with E-state index in [4.69, 9.17) is 0 Å². The van der Waals surface area contributed by atoms with E-state index in [1.165, 1.54) is 19.3 Å². The van der Waals surface area contributed by atoms with Crippen molar-refractivity contribution in [3.05, 3.63) is 9.15 Å². The summed E-state index contributed by atoms with van der Waals surface area (Å²) >= 11 is 2.53. The SMILES string of the molecule is CC1=C(I)C2CCC1C2. The summed E-state index contributed by atoms with van der Waals surface area (Å²) < 4.78 is 1.68. The molecule has 0 aromatic rings. The van der Waals surface area contributed by atoms with E-state index in [0.29, 0.717) is 0 Å². The van der Waals surface area contributed by atoms with Gasteiger partial charge in [0, 0.05) is 0 Å². The van der Waals surface area contributed by atoms with Crippen molar-refractivity contribution in [1.29, 1.82) is 0 Å². The van der Waals surface area contributed by atoms with Crippen LogP contribution in [0.4, 0.5) is 0 Å². The molecule has 2 unspecified atom stereocenters. The molecule has 0 aliphatic heterocycles. The first kappa shape index (κ1) is 6.20. The van der Waals surface area contributed by atoms with E-state index in [-0.39, 0.29) is 0 Å². The maximum Gasteiger partial charge on any atom is -0.00708 e. The molecule has 1 fully saturated rings. The lowest BCUT2D eigenvalue weighted by atomic mass is 10.0. The molecule has 2 bridgehead atoms. The second-order valence-electron chi connectivity index (χ2n) is 3.24. The van der Waals surface area contributed by atoms with Crippen LogP contribution in [0.15, 0.2) is 9.15 Å². The highest BCUT2D eigenvalue weighted by Crippen LogP contribution is 2.50. The zero-order chi connectivity index (χ0) is 6.43. The van der Waals surface area contributed by atoms with Crippen molar-refractivity contribution in [2.75, 3.05) is 0 Å². The van der Waals surface area contributed by atoms with Gasteiger partial charge in [-0.2, -0.15) is 0 Å². The Kier molecular flexibility index (Phi) is 1.36. The molecule has 0 saturated heterocycles. The summed E-state index contributed by atoms with van der Waals surface area (Å²) in [7, 11) is 0. The fourth-order valence-electron chi connectivity index (χ4n) is 2.12. The van der Waals surface area contributed by atoms with E-state index < -0.39 is 0 Å². The molecule has 2 atom stereocenters. The van der Waals surface area contributed by atoms with Crippen LogP contribution in [-0.4, -0.2) is 0 Å². The van der Waals surface area contributed by atoms with Crippen LogP contribution in [0, 0.1) is 11.8 Å². The molecule has 0 heterocycles. The average Bonchev–Trinajstić information content (AvgIpc) is 2.37. The first-order valence-electron chi connectivity index (χ1n) is 3.65. The lowest BCUT2D eigenvalue weighted by molar-refractivity contribution is 0.657. The topological polar surface area (TPSA) is 0 Å². The average molecular weight is 234 g/mol. The Morgan fingerprint density at radius 1 is 1.33 bits per heavy atom. The molecule has 0 aromatic carbocycles. The normalized spacial score (nSPS) is 40.7. The van der Waals surface area contributed by atoms with Gasteiger partial charge in [-0.3, -0.25) is 0 Å². The van der Waals surface area contributed by atoms with Crippen molar-refractivity contribution in [2.45, 2.75) is 26.2 Å². The molecule has 2 rings (SSSR count). The van der Waals surface area contributed by atoms with Gasteiger partial charge in [-0.25, -0.2) is 0 Å². The standard InChI is InChI=1S/C8H11I/c1-5-6-2-3-7(4-6)8(5)9/h6-7H,2-4H2,1H3. The van der Waals surface area contributed by atoms with E-state index >= 15 is 0 Å². The van der Waals surface area contributed by atoms with E-state index in [2.05, 4.69) is 29.5 Å². The minimum Gasteiger partial charge on any atom is -0.0606 e. The Morgan fingerprint density at radius 2 is 2.00 bits per heavy atom. The number of allylic oxidation sites excluding steroid dienone is 2. The van der Waals surface area contributed by atoms with Crippen LogP contribution in [0.2, 0.25) is 0 Å². The van der Waals surface area contributed by atoms with Crippen LogP contribution < -0.4 is 0 Å². The maximum atomic E-state index is 2.53. The maximum absolute atomic E-state index is 2.53.